The van der Waals surface area contributed by atoms with Gasteiger partial charge in [-0.3, -0.25) is 9.59 Å². The van der Waals surface area contributed by atoms with E-state index >= 15 is 0 Å². The molecule has 12 heteroatoms. The second kappa shape index (κ2) is 10.2. The summed E-state index contributed by atoms with van der Waals surface area (Å²) >= 11 is 6.13. The number of carbonyl (C=O) groups excluding carboxylic acids is 2. The monoisotopic (exact) mass is 531 g/mol. The lowest BCUT2D eigenvalue weighted by molar-refractivity contribution is -0.126. The third kappa shape index (κ3) is 5.10. The zero-order chi connectivity index (χ0) is 26.3. The Kier molecular flexibility index (Phi) is 7.00. The summed E-state index contributed by atoms with van der Waals surface area (Å²) < 4.78 is 27.5. The fourth-order valence-electron chi connectivity index (χ4n) is 5.11. The smallest absolute Gasteiger partial charge is 0.315 e. The maximum Gasteiger partial charge on any atom is 0.315 e. The van der Waals surface area contributed by atoms with Gasteiger partial charge in [0.2, 0.25) is 0 Å². The first-order valence-corrected chi connectivity index (χ1v) is 12.7. The van der Waals surface area contributed by atoms with E-state index < -0.39 is 18.2 Å². The zero-order valence-electron chi connectivity index (χ0n) is 20.3. The van der Waals surface area contributed by atoms with Gasteiger partial charge in [0.1, 0.15) is 5.82 Å². The van der Waals surface area contributed by atoms with Gasteiger partial charge in [0.05, 0.1) is 23.0 Å². The fraction of sp³-hybridized carbons (Fsp3) is 0.440. The van der Waals surface area contributed by atoms with Gasteiger partial charge in [-0.15, -0.1) is 0 Å². The minimum atomic E-state index is -3.21. The molecule has 2 aromatic heterocycles. The molecular formula is C25H28ClF2N7O2. The topological polar surface area (TPSA) is 109 Å². The van der Waals surface area contributed by atoms with Crippen LogP contribution < -0.4 is 16.0 Å². The summed E-state index contributed by atoms with van der Waals surface area (Å²) in [5.41, 5.74) is 8.47. The van der Waals surface area contributed by atoms with Crippen LogP contribution in [0.15, 0.2) is 30.5 Å². The van der Waals surface area contributed by atoms with Gasteiger partial charge in [0.15, 0.2) is 5.65 Å². The molecule has 2 atom stereocenters. The van der Waals surface area contributed by atoms with Crippen LogP contribution in [0.5, 0.6) is 0 Å². The lowest BCUT2D eigenvalue weighted by atomic mass is 9.98. The van der Waals surface area contributed by atoms with Gasteiger partial charge >= 0.3 is 6.43 Å². The van der Waals surface area contributed by atoms with Crippen LogP contribution in [0.1, 0.15) is 53.3 Å². The van der Waals surface area contributed by atoms with E-state index in [-0.39, 0.29) is 28.4 Å². The fourth-order valence-corrected chi connectivity index (χ4v) is 5.28. The molecule has 2 saturated heterocycles. The van der Waals surface area contributed by atoms with E-state index in [1.165, 1.54) is 18.2 Å². The van der Waals surface area contributed by atoms with Crippen molar-refractivity contribution in [2.75, 3.05) is 29.9 Å². The number of rotatable bonds is 5. The van der Waals surface area contributed by atoms with Gasteiger partial charge in [-0.1, -0.05) is 11.6 Å². The zero-order valence-corrected chi connectivity index (χ0v) is 21.1. The predicted molar refractivity (Wildman–Crippen MR) is 136 cm³/mol. The quantitative estimate of drug-likeness (QED) is 0.518. The second-order valence-electron chi connectivity index (χ2n) is 9.60. The van der Waals surface area contributed by atoms with Crippen LogP contribution in [0.3, 0.4) is 0 Å². The van der Waals surface area contributed by atoms with Crippen molar-refractivity contribution in [3.05, 3.63) is 52.3 Å². The number of hydrogen-bond donors (Lipinski definition) is 2. The van der Waals surface area contributed by atoms with E-state index in [1.54, 1.807) is 9.42 Å². The second-order valence-corrected chi connectivity index (χ2v) is 10.0. The Bertz CT molecular complexity index is 1350. The third-order valence-electron chi connectivity index (χ3n) is 6.92. The highest BCUT2D eigenvalue weighted by atomic mass is 35.5. The van der Waals surface area contributed by atoms with E-state index in [0.717, 1.165) is 43.7 Å². The van der Waals surface area contributed by atoms with Crippen LogP contribution >= 0.6 is 11.6 Å². The third-order valence-corrected chi connectivity index (χ3v) is 7.16. The summed E-state index contributed by atoms with van der Waals surface area (Å²) in [4.78, 5) is 34.0. The highest BCUT2D eigenvalue weighted by Crippen LogP contribution is 2.34. The maximum atomic E-state index is 13.7. The molecule has 0 saturated carbocycles. The summed E-state index contributed by atoms with van der Waals surface area (Å²) in [6, 6.07) is 5.85. The summed E-state index contributed by atoms with van der Waals surface area (Å²) in [6.45, 7) is 4.04. The summed E-state index contributed by atoms with van der Waals surface area (Å²) in [6.07, 6.45) is 1.99. The Morgan fingerprint density at radius 2 is 2.00 bits per heavy atom. The average molecular weight is 532 g/mol. The van der Waals surface area contributed by atoms with Crippen LogP contribution in [0.25, 0.3) is 5.65 Å². The predicted octanol–water partition coefficient (Wildman–Crippen LogP) is 3.80. The number of nitrogens with one attached hydrogen (secondary N) is 1. The first-order chi connectivity index (χ1) is 17.7. The molecule has 1 aromatic carbocycles. The van der Waals surface area contributed by atoms with Gasteiger partial charge in [-0.25, -0.2) is 9.50 Å². The molecule has 9 nitrogen and oxygen atoms in total. The number of alkyl halides is 2. The Morgan fingerprint density at radius 3 is 2.73 bits per heavy atom. The Morgan fingerprint density at radius 1 is 1.19 bits per heavy atom. The van der Waals surface area contributed by atoms with Crippen molar-refractivity contribution in [1.82, 2.24) is 19.5 Å². The van der Waals surface area contributed by atoms with Crippen LogP contribution in [-0.4, -0.2) is 63.4 Å². The van der Waals surface area contributed by atoms with Gasteiger partial charge in [0.25, 0.3) is 11.8 Å². The molecule has 4 heterocycles. The molecule has 2 aliphatic heterocycles. The first-order valence-electron chi connectivity index (χ1n) is 12.3. The van der Waals surface area contributed by atoms with E-state index in [0.29, 0.717) is 24.3 Å². The number of amides is 2. The summed E-state index contributed by atoms with van der Waals surface area (Å²) in [7, 11) is 0. The number of halogens is 3. The van der Waals surface area contributed by atoms with Crippen LogP contribution in [0, 0.1) is 6.92 Å². The highest BCUT2D eigenvalue weighted by molar-refractivity contribution is 6.31. The number of piperidine rings is 1. The molecule has 3 N–H and O–H groups in total. The normalized spacial score (nSPS) is 20.2. The molecule has 2 amide bonds. The van der Waals surface area contributed by atoms with Crippen molar-refractivity contribution >= 4 is 40.6 Å². The van der Waals surface area contributed by atoms with Crippen molar-refractivity contribution in [3.8, 4) is 0 Å². The summed E-state index contributed by atoms with van der Waals surface area (Å²) in [5.74, 6) is -1.02. The molecule has 3 aromatic rings. The van der Waals surface area contributed by atoms with E-state index in [9.17, 15) is 18.4 Å². The van der Waals surface area contributed by atoms with Crippen molar-refractivity contribution < 1.29 is 18.4 Å². The van der Waals surface area contributed by atoms with E-state index in [4.69, 9.17) is 27.4 Å². The summed E-state index contributed by atoms with van der Waals surface area (Å²) in [5, 5.41) is 7.13. The Hall–Kier alpha value is -3.31. The number of nitrogens with two attached hydrogens (primary N) is 1. The Labute approximate surface area is 217 Å². The highest BCUT2D eigenvalue weighted by Gasteiger charge is 2.33. The average Bonchev–Trinajstić information content (AvgIpc) is 3.49. The molecule has 196 valence electrons. The maximum absolute atomic E-state index is 13.7. The molecule has 5 rings (SSSR count). The number of likely N-dealkylation sites (tertiary alicyclic amines) is 1. The van der Waals surface area contributed by atoms with Crippen LogP contribution in [0.4, 0.5) is 20.3 Å². The number of carbonyl (C=O) groups is 2. The number of anilines is 2. The number of aromatic nitrogens is 3. The standard InChI is InChI=1S/C25H28ClF2N7O2/c1-14-12-35-21(31-23(14)33-9-7-16(29)13-33)11-19(32-35)20-4-2-3-8-34(20)25(37)17-10-15(26)5-6-18(17)30-24(36)22(27)28/h5-6,10-12,16,20,22H,2-4,7-9,13,29H2,1H3,(H,30,36)/t16-,20-/m0/s1. The number of aryl methyl sites for hydroxylation is 1. The number of hydrogen-bond acceptors (Lipinski definition) is 6. The molecule has 0 unspecified atom stereocenters. The van der Waals surface area contributed by atoms with Gasteiger partial charge < -0.3 is 20.9 Å². The number of nitrogens with zero attached hydrogens (tertiary/aromatic N) is 5. The van der Waals surface area contributed by atoms with Crippen molar-refractivity contribution in [2.24, 2.45) is 5.73 Å². The van der Waals surface area contributed by atoms with Gasteiger partial charge in [-0.2, -0.15) is 13.9 Å². The lowest BCUT2D eigenvalue weighted by Crippen LogP contribution is -2.39. The van der Waals surface area contributed by atoms with E-state index in [1.807, 2.05) is 19.2 Å². The molecule has 0 aliphatic carbocycles. The van der Waals surface area contributed by atoms with Crippen LogP contribution in [-0.2, 0) is 4.79 Å². The first kappa shape index (κ1) is 25.3. The molecular weight excluding hydrogens is 504 g/mol. The molecule has 37 heavy (non-hydrogen) atoms. The largest absolute Gasteiger partial charge is 0.355 e. The lowest BCUT2D eigenvalue weighted by Gasteiger charge is -2.35. The van der Waals surface area contributed by atoms with Gasteiger partial charge in [-0.05, 0) is 50.8 Å². The molecule has 0 bridgehead atoms. The van der Waals surface area contributed by atoms with Crippen molar-refractivity contribution in [1.29, 1.82) is 0 Å². The number of benzene rings is 1. The molecule has 0 spiro atoms. The molecule has 2 fully saturated rings. The van der Waals surface area contributed by atoms with Crippen molar-refractivity contribution in [2.45, 2.75) is 51.1 Å². The van der Waals surface area contributed by atoms with Crippen molar-refractivity contribution in [3.63, 3.8) is 0 Å². The minimum Gasteiger partial charge on any atom is -0.355 e. The number of fused-ring (bicyclic) bond motifs is 1. The minimum absolute atomic E-state index is 0.00946. The van der Waals surface area contributed by atoms with Crippen LogP contribution in [0.2, 0.25) is 5.02 Å². The Balaban J connectivity index is 1.47. The molecule has 2 aliphatic rings. The SMILES string of the molecule is Cc1cn2nc([C@@H]3CCCCN3C(=O)c3cc(Cl)ccc3NC(=O)C(F)F)cc2nc1N1CC[C@H](N)C1. The van der Waals surface area contributed by atoms with Gasteiger partial charge in [0, 0.05) is 48.5 Å². The molecule has 0 radical (unpaired) electrons. The van der Waals surface area contributed by atoms with E-state index in [2.05, 4.69) is 10.2 Å².